The third-order valence-corrected chi connectivity index (χ3v) is 4.59. The molecule has 1 aliphatic rings. The Bertz CT molecular complexity index is 681. The van der Waals surface area contributed by atoms with E-state index in [-0.39, 0.29) is 6.03 Å². The van der Waals surface area contributed by atoms with Crippen LogP contribution in [0.15, 0.2) is 48.8 Å². The van der Waals surface area contributed by atoms with E-state index in [9.17, 15) is 4.79 Å². The van der Waals surface area contributed by atoms with Crippen molar-refractivity contribution in [2.75, 3.05) is 31.5 Å². The lowest BCUT2D eigenvalue weighted by molar-refractivity contribution is 0.143. The first-order valence-electron chi connectivity index (χ1n) is 9.01. The normalized spacial score (nSPS) is 15.2. The molecule has 0 aliphatic carbocycles. The number of aromatic nitrogens is 1. The van der Waals surface area contributed by atoms with E-state index >= 15 is 0 Å². The van der Waals surface area contributed by atoms with Crippen LogP contribution in [0.4, 0.5) is 10.5 Å². The molecule has 2 aromatic rings. The molecule has 2 heterocycles. The fraction of sp³-hybridized carbons (Fsp3) is 0.400. The van der Waals surface area contributed by atoms with Gasteiger partial charge in [-0.2, -0.15) is 0 Å². The predicted octanol–water partition coefficient (Wildman–Crippen LogP) is 3.38. The second-order valence-electron chi connectivity index (χ2n) is 6.46. The molecule has 0 spiro atoms. The number of nitrogens with zero attached hydrogens (tertiary/aromatic N) is 3. The first kappa shape index (κ1) is 17.4. The summed E-state index contributed by atoms with van der Waals surface area (Å²) in [6.07, 6.45) is 5.70. The van der Waals surface area contributed by atoms with Gasteiger partial charge in [0.15, 0.2) is 0 Å². The van der Waals surface area contributed by atoms with Gasteiger partial charge in [0.2, 0.25) is 0 Å². The zero-order valence-electron chi connectivity index (χ0n) is 14.8. The number of anilines is 1. The van der Waals surface area contributed by atoms with Gasteiger partial charge in [0.25, 0.3) is 0 Å². The zero-order chi connectivity index (χ0) is 17.5. The van der Waals surface area contributed by atoms with Gasteiger partial charge in [-0.05, 0) is 35.7 Å². The number of carbonyl (C=O) groups excluding carboxylic acids is 1. The summed E-state index contributed by atoms with van der Waals surface area (Å²) < 4.78 is 0. The van der Waals surface area contributed by atoms with Crippen LogP contribution in [0.1, 0.15) is 24.5 Å². The van der Waals surface area contributed by atoms with Gasteiger partial charge < -0.3 is 10.2 Å². The fourth-order valence-corrected chi connectivity index (χ4v) is 3.18. The van der Waals surface area contributed by atoms with Crippen LogP contribution in [0.2, 0.25) is 0 Å². The molecular weight excluding hydrogens is 312 g/mol. The third-order valence-electron chi connectivity index (χ3n) is 4.59. The van der Waals surface area contributed by atoms with Crippen molar-refractivity contribution in [3.63, 3.8) is 0 Å². The molecule has 0 bridgehead atoms. The minimum absolute atomic E-state index is 0.00659. The van der Waals surface area contributed by atoms with E-state index in [4.69, 9.17) is 0 Å². The Morgan fingerprint density at radius 1 is 1.08 bits per heavy atom. The standard InChI is InChI=1S/C20H26N4O/c1-2-5-18-6-3-4-7-19(18)22-20(25)24-14-12-23(13-15-24)16-17-8-10-21-11-9-17/h3-4,6-11H,2,5,12-16H2,1H3,(H,22,25). The molecule has 1 aliphatic heterocycles. The number of urea groups is 1. The highest BCUT2D eigenvalue weighted by molar-refractivity contribution is 5.90. The molecule has 1 aromatic heterocycles. The number of benzene rings is 1. The molecule has 5 heteroatoms. The molecule has 25 heavy (non-hydrogen) atoms. The summed E-state index contributed by atoms with van der Waals surface area (Å²) in [5.41, 5.74) is 3.41. The van der Waals surface area contributed by atoms with Crippen molar-refractivity contribution in [2.24, 2.45) is 0 Å². The Labute approximate surface area is 149 Å². The van der Waals surface area contributed by atoms with Crippen LogP contribution in [0, 0.1) is 0 Å². The maximum atomic E-state index is 12.6. The molecule has 1 aromatic carbocycles. The van der Waals surface area contributed by atoms with E-state index in [2.05, 4.69) is 28.2 Å². The number of hydrogen-bond acceptors (Lipinski definition) is 3. The Morgan fingerprint density at radius 2 is 1.80 bits per heavy atom. The number of hydrogen-bond donors (Lipinski definition) is 1. The summed E-state index contributed by atoms with van der Waals surface area (Å²) in [7, 11) is 0. The van der Waals surface area contributed by atoms with Gasteiger partial charge in [0.05, 0.1) is 0 Å². The van der Waals surface area contributed by atoms with E-state index in [1.54, 1.807) is 0 Å². The highest BCUT2D eigenvalue weighted by atomic mass is 16.2. The summed E-state index contributed by atoms with van der Waals surface area (Å²) in [4.78, 5) is 20.9. The summed E-state index contributed by atoms with van der Waals surface area (Å²) in [6.45, 7) is 6.37. The Morgan fingerprint density at radius 3 is 2.52 bits per heavy atom. The van der Waals surface area contributed by atoms with Crippen molar-refractivity contribution < 1.29 is 4.79 Å². The highest BCUT2D eigenvalue weighted by Crippen LogP contribution is 2.18. The van der Waals surface area contributed by atoms with Gasteiger partial charge in [-0.25, -0.2) is 4.79 Å². The molecule has 0 unspecified atom stereocenters. The molecule has 0 saturated carbocycles. The minimum atomic E-state index is 0.00659. The van der Waals surface area contributed by atoms with E-state index in [1.165, 1.54) is 11.1 Å². The maximum absolute atomic E-state index is 12.6. The average molecular weight is 338 g/mol. The van der Waals surface area contributed by atoms with Gasteiger partial charge in [0.1, 0.15) is 0 Å². The van der Waals surface area contributed by atoms with Crippen LogP contribution >= 0.6 is 0 Å². The van der Waals surface area contributed by atoms with E-state index in [0.29, 0.717) is 0 Å². The number of nitrogens with one attached hydrogen (secondary N) is 1. The molecular formula is C20H26N4O. The SMILES string of the molecule is CCCc1ccccc1NC(=O)N1CCN(Cc2ccncc2)CC1. The number of amides is 2. The molecule has 3 rings (SSSR count). The Hall–Kier alpha value is -2.40. The summed E-state index contributed by atoms with van der Waals surface area (Å²) in [5, 5.41) is 3.09. The molecule has 0 atom stereocenters. The number of piperazine rings is 1. The van der Waals surface area contributed by atoms with E-state index in [1.807, 2.05) is 47.6 Å². The minimum Gasteiger partial charge on any atom is -0.322 e. The second-order valence-corrected chi connectivity index (χ2v) is 6.46. The third kappa shape index (κ3) is 4.79. The lowest BCUT2D eigenvalue weighted by Gasteiger charge is -2.34. The largest absolute Gasteiger partial charge is 0.322 e. The quantitative estimate of drug-likeness (QED) is 0.909. The zero-order valence-corrected chi connectivity index (χ0v) is 14.8. The monoisotopic (exact) mass is 338 g/mol. The van der Waals surface area contributed by atoms with Crippen molar-refractivity contribution in [3.05, 3.63) is 59.9 Å². The summed E-state index contributed by atoms with van der Waals surface area (Å²) in [6, 6.07) is 12.2. The second kappa shape index (κ2) is 8.62. The Kier molecular flexibility index (Phi) is 6.01. The van der Waals surface area contributed by atoms with Gasteiger partial charge in [-0.15, -0.1) is 0 Å². The van der Waals surface area contributed by atoms with Gasteiger partial charge in [0, 0.05) is 50.8 Å². The summed E-state index contributed by atoms with van der Waals surface area (Å²) in [5.74, 6) is 0. The van der Waals surface area contributed by atoms with Crippen LogP contribution < -0.4 is 5.32 Å². The molecule has 1 saturated heterocycles. The maximum Gasteiger partial charge on any atom is 0.321 e. The van der Waals surface area contributed by atoms with E-state index < -0.39 is 0 Å². The van der Waals surface area contributed by atoms with Crippen LogP contribution in [0.3, 0.4) is 0 Å². The van der Waals surface area contributed by atoms with Crippen LogP contribution in [-0.2, 0) is 13.0 Å². The summed E-state index contributed by atoms with van der Waals surface area (Å²) >= 11 is 0. The topological polar surface area (TPSA) is 48.5 Å². The van der Waals surface area contributed by atoms with Crippen LogP contribution in [-0.4, -0.2) is 47.0 Å². The molecule has 5 nitrogen and oxygen atoms in total. The smallest absolute Gasteiger partial charge is 0.321 e. The van der Waals surface area contributed by atoms with Gasteiger partial charge in [-0.3, -0.25) is 9.88 Å². The lowest BCUT2D eigenvalue weighted by atomic mass is 10.1. The number of rotatable bonds is 5. The van der Waals surface area contributed by atoms with Crippen LogP contribution in [0.5, 0.6) is 0 Å². The number of aryl methyl sites for hydroxylation is 1. The van der Waals surface area contributed by atoms with Gasteiger partial charge >= 0.3 is 6.03 Å². The molecule has 0 radical (unpaired) electrons. The first-order valence-corrected chi connectivity index (χ1v) is 9.01. The molecule has 2 amide bonds. The lowest BCUT2D eigenvalue weighted by Crippen LogP contribution is -2.49. The highest BCUT2D eigenvalue weighted by Gasteiger charge is 2.21. The molecule has 132 valence electrons. The van der Waals surface area contributed by atoms with Crippen molar-refractivity contribution in [2.45, 2.75) is 26.3 Å². The average Bonchev–Trinajstić information content (AvgIpc) is 2.65. The number of para-hydroxylation sites is 1. The fourth-order valence-electron chi connectivity index (χ4n) is 3.18. The van der Waals surface area contributed by atoms with Crippen molar-refractivity contribution >= 4 is 11.7 Å². The van der Waals surface area contributed by atoms with Crippen molar-refractivity contribution in [1.29, 1.82) is 0 Å². The van der Waals surface area contributed by atoms with Crippen molar-refractivity contribution in [1.82, 2.24) is 14.8 Å². The predicted molar refractivity (Wildman–Crippen MR) is 101 cm³/mol. The number of pyridine rings is 1. The molecule has 1 N–H and O–H groups in total. The Balaban J connectivity index is 1.52. The van der Waals surface area contributed by atoms with Crippen molar-refractivity contribution in [3.8, 4) is 0 Å². The first-order chi connectivity index (χ1) is 12.3. The molecule has 1 fully saturated rings. The van der Waals surface area contributed by atoms with Gasteiger partial charge in [-0.1, -0.05) is 31.5 Å². The number of carbonyl (C=O) groups is 1. The van der Waals surface area contributed by atoms with E-state index in [0.717, 1.165) is 51.3 Å². The van der Waals surface area contributed by atoms with Crippen LogP contribution in [0.25, 0.3) is 0 Å².